The van der Waals surface area contributed by atoms with Crippen LogP contribution in [0.2, 0.25) is 0 Å². The lowest BCUT2D eigenvalue weighted by Gasteiger charge is -2.16. The molecular formula is C12H21BrO2. The van der Waals surface area contributed by atoms with Gasteiger partial charge in [0, 0.05) is 4.83 Å². The average molecular weight is 277 g/mol. The Morgan fingerprint density at radius 2 is 1.60 bits per heavy atom. The van der Waals surface area contributed by atoms with E-state index in [4.69, 9.17) is 9.47 Å². The molecule has 15 heavy (non-hydrogen) atoms. The Morgan fingerprint density at radius 1 is 0.867 bits per heavy atom. The van der Waals surface area contributed by atoms with Crippen LogP contribution in [0.15, 0.2) is 0 Å². The van der Waals surface area contributed by atoms with E-state index in [1.54, 1.807) is 0 Å². The minimum absolute atomic E-state index is 0.428. The second-order valence-corrected chi connectivity index (χ2v) is 5.81. The van der Waals surface area contributed by atoms with Crippen LogP contribution in [0.4, 0.5) is 0 Å². The third-order valence-electron chi connectivity index (χ3n) is 3.44. The Hall–Kier alpha value is 0.400. The van der Waals surface area contributed by atoms with Gasteiger partial charge in [0.25, 0.3) is 0 Å². The third kappa shape index (κ3) is 3.72. The minimum atomic E-state index is 0.428. The number of rotatable bonds is 5. The maximum absolute atomic E-state index is 5.80. The van der Waals surface area contributed by atoms with Crippen molar-refractivity contribution in [2.75, 3.05) is 13.2 Å². The zero-order chi connectivity index (χ0) is 10.5. The van der Waals surface area contributed by atoms with E-state index in [1.807, 2.05) is 0 Å². The van der Waals surface area contributed by atoms with E-state index in [0.717, 1.165) is 13.2 Å². The van der Waals surface area contributed by atoms with Crippen LogP contribution in [0.1, 0.15) is 44.9 Å². The Morgan fingerprint density at radius 3 is 2.27 bits per heavy atom. The van der Waals surface area contributed by atoms with Crippen LogP contribution in [0.5, 0.6) is 0 Å². The van der Waals surface area contributed by atoms with Crippen LogP contribution in [0.25, 0.3) is 0 Å². The summed E-state index contributed by atoms with van der Waals surface area (Å²) in [5.41, 5.74) is 0. The highest BCUT2D eigenvalue weighted by Crippen LogP contribution is 2.28. The predicted octanol–water partition coefficient (Wildman–Crippen LogP) is 3.28. The second-order valence-electron chi connectivity index (χ2n) is 4.63. The standard InChI is InChI=1S/C12H21BrO2/c13-11-6-3-7-12(11)15-9-8-14-10-4-1-2-5-10/h10-12H,1-9H2. The second kappa shape index (κ2) is 6.21. The van der Waals surface area contributed by atoms with Crippen molar-refractivity contribution in [2.24, 2.45) is 0 Å². The van der Waals surface area contributed by atoms with Crippen LogP contribution in [0, 0.1) is 0 Å². The van der Waals surface area contributed by atoms with E-state index in [9.17, 15) is 0 Å². The van der Waals surface area contributed by atoms with Crippen molar-refractivity contribution in [3.05, 3.63) is 0 Å². The first-order chi connectivity index (χ1) is 7.36. The molecule has 0 heterocycles. The number of hydrogen-bond acceptors (Lipinski definition) is 2. The lowest BCUT2D eigenvalue weighted by molar-refractivity contribution is -0.0158. The first-order valence-electron chi connectivity index (χ1n) is 6.23. The Kier molecular flexibility index (Phi) is 4.92. The molecule has 0 spiro atoms. The monoisotopic (exact) mass is 276 g/mol. The molecule has 2 unspecified atom stereocenters. The van der Waals surface area contributed by atoms with Gasteiger partial charge in [-0.05, 0) is 32.1 Å². The smallest absolute Gasteiger partial charge is 0.0704 e. The molecule has 0 radical (unpaired) electrons. The van der Waals surface area contributed by atoms with Crippen molar-refractivity contribution in [2.45, 2.75) is 62.0 Å². The lowest BCUT2D eigenvalue weighted by atomic mass is 10.3. The summed E-state index contributed by atoms with van der Waals surface area (Å²) in [4.78, 5) is 0.573. The summed E-state index contributed by atoms with van der Waals surface area (Å²) in [6, 6.07) is 0. The Bertz CT molecular complexity index is 180. The minimum Gasteiger partial charge on any atom is -0.376 e. The number of alkyl halides is 1. The zero-order valence-corrected chi connectivity index (χ0v) is 10.9. The molecule has 0 aromatic heterocycles. The van der Waals surface area contributed by atoms with E-state index >= 15 is 0 Å². The molecule has 3 heteroatoms. The van der Waals surface area contributed by atoms with Gasteiger partial charge in [-0.25, -0.2) is 0 Å². The molecule has 0 amide bonds. The van der Waals surface area contributed by atoms with E-state index in [1.165, 1.54) is 44.9 Å². The van der Waals surface area contributed by atoms with Crippen molar-refractivity contribution in [3.8, 4) is 0 Å². The topological polar surface area (TPSA) is 18.5 Å². The third-order valence-corrected chi connectivity index (χ3v) is 4.49. The summed E-state index contributed by atoms with van der Waals surface area (Å²) in [6.07, 6.45) is 9.91. The fourth-order valence-corrected chi connectivity index (χ4v) is 3.28. The first-order valence-corrected chi connectivity index (χ1v) is 7.15. The van der Waals surface area contributed by atoms with Crippen molar-refractivity contribution in [1.82, 2.24) is 0 Å². The quantitative estimate of drug-likeness (QED) is 0.567. The van der Waals surface area contributed by atoms with E-state index in [2.05, 4.69) is 15.9 Å². The fourth-order valence-electron chi connectivity index (χ4n) is 2.54. The van der Waals surface area contributed by atoms with Crippen molar-refractivity contribution >= 4 is 15.9 Å². The van der Waals surface area contributed by atoms with Crippen LogP contribution in [0.3, 0.4) is 0 Å². The van der Waals surface area contributed by atoms with Gasteiger partial charge in [0.2, 0.25) is 0 Å². The maximum atomic E-state index is 5.80. The highest BCUT2D eigenvalue weighted by atomic mass is 79.9. The van der Waals surface area contributed by atoms with Gasteiger partial charge in [-0.2, -0.15) is 0 Å². The molecule has 88 valence electrons. The summed E-state index contributed by atoms with van der Waals surface area (Å²) in [6.45, 7) is 1.55. The average Bonchev–Trinajstić information content (AvgIpc) is 2.85. The fraction of sp³-hybridized carbons (Fsp3) is 1.00. The normalized spacial score (nSPS) is 32.6. The highest BCUT2D eigenvalue weighted by molar-refractivity contribution is 9.09. The van der Waals surface area contributed by atoms with Gasteiger partial charge < -0.3 is 9.47 Å². The predicted molar refractivity (Wildman–Crippen MR) is 64.5 cm³/mol. The van der Waals surface area contributed by atoms with Gasteiger partial charge in [-0.3, -0.25) is 0 Å². The summed E-state index contributed by atoms with van der Waals surface area (Å²) >= 11 is 3.66. The number of ether oxygens (including phenoxy) is 2. The molecule has 0 aromatic carbocycles. The molecule has 2 rings (SSSR count). The van der Waals surface area contributed by atoms with Crippen molar-refractivity contribution < 1.29 is 9.47 Å². The maximum Gasteiger partial charge on any atom is 0.0704 e. The van der Waals surface area contributed by atoms with Gasteiger partial charge in [0.05, 0.1) is 25.4 Å². The molecule has 2 aliphatic rings. The largest absolute Gasteiger partial charge is 0.376 e. The molecule has 2 saturated carbocycles. The molecular weight excluding hydrogens is 256 g/mol. The molecule has 2 fully saturated rings. The van der Waals surface area contributed by atoms with Crippen LogP contribution < -0.4 is 0 Å². The molecule has 0 N–H and O–H groups in total. The molecule has 0 aliphatic heterocycles. The van der Waals surface area contributed by atoms with Crippen LogP contribution >= 0.6 is 15.9 Å². The molecule has 0 saturated heterocycles. The van der Waals surface area contributed by atoms with E-state index in [0.29, 0.717) is 17.0 Å². The SMILES string of the molecule is BrC1CCCC1OCCOC1CCCC1. The van der Waals surface area contributed by atoms with Gasteiger partial charge in [-0.15, -0.1) is 0 Å². The Balaban J connectivity index is 1.51. The zero-order valence-electron chi connectivity index (χ0n) is 9.29. The Labute approximate surface area is 101 Å². The number of halogens is 1. The molecule has 2 atom stereocenters. The van der Waals surface area contributed by atoms with Gasteiger partial charge >= 0.3 is 0 Å². The first kappa shape index (κ1) is 11.9. The van der Waals surface area contributed by atoms with Crippen LogP contribution in [-0.4, -0.2) is 30.2 Å². The van der Waals surface area contributed by atoms with Gasteiger partial charge in [0.15, 0.2) is 0 Å². The summed E-state index contributed by atoms with van der Waals surface area (Å²) < 4.78 is 11.6. The lowest BCUT2D eigenvalue weighted by Crippen LogP contribution is -2.21. The molecule has 0 aromatic rings. The van der Waals surface area contributed by atoms with Crippen molar-refractivity contribution in [1.29, 1.82) is 0 Å². The summed E-state index contributed by atoms with van der Waals surface area (Å²) in [5, 5.41) is 0. The van der Waals surface area contributed by atoms with Crippen molar-refractivity contribution in [3.63, 3.8) is 0 Å². The van der Waals surface area contributed by atoms with Crippen LogP contribution in [-0.2, 0) is 9.47 Å². The molecule has 0 bridgehead atoms. The highest BCUT2D eigenvalue weighted by Gasteiger charge is 2.25. The van der Waals surface area contributed by atoms with E-state index < -0.39 is 0 Å². The van der Waals surface area contributed by atoms with Gasteiger partial charge in [0.1, 0.15) is 0 Å². The molecule has 2 aliphatic carbocycles. The number of hydrogen-bond donors (Lipinski definition) is 0. The molecule has 2 nitrogen and oxygen atoms in total. The van der Waals surface area contributed by atoms with Gasteiger partial charge in [-0.1, -0.05) is 28.8 Å². The summed E-state index contributed by atoms with van der Waals surface area (Å²) in [5.74, 6) is 0. The summed E-state index contributed by atoms with van der Waals surface area (Å²) in [7, 11) is 0. The van der Waals surface area contributed by atoms with E-state index in [-0.39, 0.29) is 0 Å².